The maximum absolute atomic E-state index is 5.21. The van der Waals surface area contributed by atoms with Crippen molar-refractivity contribution < 1.29 is 9.47 Å². The summed E-state index contributed by atoms with van der Waals surface area (Å²) in [5.74, 6) is 0. The number of hydrogen-bond donors (Lipinski definition) is 0. The van der Waals surface area contributed by atoms with E-state index in [1.165, 1.54) is 7.11 Å². The summed E-state index contributed by atoms with van der Waals surface area (Å²) in [5, 5.41) is -0.801. The molecule has 0 heterocycles. The van der Waals surface area contributed by atoms with Gasteiger partial charge in [0.2, 0.25) is 5.02 Å². The lowest BCUT2D eigenvalue weighted by Crippen LogP contribution is -2.12. The summed E-state index contributed by atoms with van der Waals surface area (Å²) in [4.78, 5) is 0. The Kier molecular flexibility index (Phi) is 4.66. The van der Waals surface area contributed by atoms with Crippen molar-refractivity contribution in [3.05, 3.63) is 0 Å². The molecule has 1 atom stereocenters. The standard InChI is InChI=1S/C4H8Cl2O2/c1-3(7-2)8-4(5)6/h3-4H,1-2H3. The summed E-state index contributed by atoms with van der Waals surface area (Å²) in [6.07, 6.45) is -0.338. The van der Waals surface area contributed by atoms with Crippen molar-refractivity contribution in [1.82, 2.24) is 0 Å². The highest BCUT2D eigenvalue weighted by Crippen LogP contribution is 2.06. The van der Waals surface area contributed by atoms with E-state index in [0.29, 0.717) is 0 Å². The van der Waals surface area contributed by atoms with Gasteiger partial charge < -0.3 is 9.47 Å². The van der Waals surface area contributed by atoms with Crippen LogP contribution in [0.2, 0.25) is 0 Å². The number of methoxy groups -OCH3 is 1. The highest BCUT2D eigenvalue weighted by atomic mass is 35.5. The van der Waals surface area contributed by atoms with Crippen molar-refractivity contribution in [2.24, 2.45) is 0 Å². The first-order chi connectivity index (χ1) is 3.66. The lowest BCUT2D eigenvalue weighted by Gasteiger charge is -2.09. The Morgan fingerprint density at radius 1 is 1.38 bits per heavy atom. The van der Waals surface area contributed by atoms with E-state index in [0.717, 1.165) is 0 Å². The molecule has 0 aliphatic heterocycles. The molecule has 0 saturated carbocycles. The fourth-order valence-corrected chi connectivity index (χ4v) is 0.490. The summed E-state index contributed by atoms with van der Waals surface area (Å²) in [7, 11) is 1.51. The molecule has 0 aromatic carbocycles. The normalized spacial score (nSPS) is 14.6. The molecule has 0 amide bonds. The van der Waals surface area contributed by atoms with Gasteiger partial charge in [-0.2, -0.15) is 0 Å². The van der Waals surface area contributed by atoms with Gasteiger partial charge in [-0.3, -0.25) is 0 Å². The SMILES string of the molecule is COC(C)OC(Cl)Cl. The maximum atomic E-state index is 5.21. The molecule has 0 bridgehead atoms. The van der Waals surface area contributed by atoms with Crippen LogP contribution in [0.3, 0.4) is 0 Å². The first-order valence-electron chi connectivity index (χ1n) is 2.13. The van der Waals surface area contributed by atoms with Gasteiger partial charge >= 0.3 is 0 Å². The van der Waals surface area contributed by atoms with E-state index in [4.69, 9.17) is 27.9 Å². The van der Waals surface area contributed by atoms with Crippen LogP contribution in [-0.2, 0) is 9.47 Å². The van der Waals surface area contributed by atoms with Crippen molar-refractivity contribution in [2.45, 2.75) is 18.2 Å². The van der Waals surface area contributed by atoms with Crippen LogP contribution in [0, 0.1) is 0 Å². The van der Waals surface area contributed by atoms with E-state index in [9.17, 15) is 0 Å². The molecule has 1 unspecified atom stereocenters. The number of rotatable bonds is 3. The molecule has 0 aromatic heterocycles. The van der Waals surface area contributed by atoms with Gasteiger partial charge in [0.15, 0.2) is 6.29 Å². The molecule has 8 heavy (non-hydrogen) atoms. The molecule has 4 heteroatoms. The molecule has 0 saturated heterocycles. The quantitative estimate of drug-likeness (QED) is 0.461. The summed E-state index contributed by atoms with van der Waals surface area (Å²) in [6, 6.07) is 0. The van der Waals surface area contributed by atoms with Crippen LogP contribution >= 0.6 is 23.2 Å². The van der Waals surface area contributed by atoms with Crippen molar-refractivity contribution in [3.63, 3.8) is 0 Å². The minimum absolute atomic E-state index is 0.338. The van der Waals surface area contributed by atoms with E-state index in [2.05, 4.69) is 4.74 Å². The highest BCUT2D eigenvalue weighted by Gasteiger charge is 2.03. The van der Waals surface area contributed by atoms with Gasteiger partial charge in [-0.15, -0.1) is 0 Å². The Labute approximate surface area is 58.7 Å². The third-order valence-electron chi connectivity index (χ3n) is 0.626. The number of ether oxygens (including phenoxy) is 2. The maximum Gasteiger partial charge on any atom is 0.209 e. The molecule has 0 aromatic rings. The summed E-state index contributed by atoms with van der Waals surface area (Å²) in [5.41, 5.74) is 0. The van der Waals surface area contributed by atoms with E-state index >= 15 is 0 Å². The van der Waals surface area contributed by atoms with Gasteiger partial charge in [0.25, 0.3) is 0 Å². The van der Waals surface area contributed by atoms with Crippen molar-refractivity contribution in [2.75, 3.05) is 7.11 Å². The second-order valence-electron chi connectivity index (χ2n) is 1.20. The monoisotopic (exact) mass is 158 g/mol. The van der Waals surface area contributed by atoms with Crippen LogP contribution < -0.4 is 0 Å². The van der Waals surface area contributed by atoms with Crippen molar-refractivity contribution >= 4 is 23.2 Å². The molecular formula is C4H8Cl2O2. The second-order valence-corrected chi connectivity index (χ2v) is 2.22. The zero-order valence-corrected chi connectivity index (χ0v) is 6.24. The van der Waals surface area contributed by atoms with Crippen LogP contribution in [-0.4, -0.2) is 18.4 Å². The molecule has 0 radical (unpaired) electrons. The molecule has 0 N–H and O–H groups in total. The molecule has 0 aliphatic carbocycles. The zero-order valence-electron chi connectivity index (χ0n) is 4.73. The number of halogens is 2. The van der Waals surface area contributed by atoms with Gasteiger partial charge in [0, 0.05) is 7.11 Å². The van der Waals surface area contributed by atoms with Crippen LogP contribution in [0.4, 0.5) is 0 Å². The van der Waals surface area contributed by atoms with E-state index in [1.54, 1.807) is 6.92 Å². The molecule has 0 fully saturated rings. The number of alkyl halides is 2. The fraction of sp³-hybridized carbons (Fsp3) is 1.00. The Balaban J connectivity index is 3.10. The Bertz CT molecular complexity index is 58.0. The third-order valence-corrected chi connectivity index (χ3v) is 0.832. The van der Waals surface area contributed by atoms with Gasteiger partial charge in [-0.25, -0.2) is 0 Å². The van der Waals surface area contributed by atoms with Gasteiger partial charge in [0.05, 0.1) is 0 Å². The zero-order chi connectivity index (χ0) is 6.57. The summed E-state index contributed by atoms with van der Waals surface area (Å²) >= 11 is 10.4. The van der Waals surface area contributed by atoms with Gasteiger partial charge in [-0.05, 0) is 6.92 Å². The van der Waals surface area contributed by atoms with Crippen LogP contribution in [0.5, 0.6) is 0 Å². The van der Waals surface area contributed by atoms with E-state index < -0.39 is 5.02 Å². The third kappa shape index (κ3) is 4.65. The first-order valence-corrected chi connectivity index (χ1v) is 3.00. The topological polar surface area (TPSA) is 18.5 Å². The smallest absolute Gasteiger partial charge is 0.209 e. The Morgan fingerprint density at radius 2 is 1.88 bits per heavy atom. The van der Waals surface area contributed by atoms with Crippen molar-refractivity contribution in [1.29, 1.82) is 0 Å². The molecule has 0 rings (SSSR count). The summed E-state index contributed by atoms with van der Waals surface area (Å²) in [6.45, 7) is 1.71. The van der Waals surface area contributed by atoms with Crippen LogP contribution in [0.1, 0.15) is 6.92 Å². The minimum atomic E-state index is -0.801. The van der Waals surface area contributed by atoms with Crippen LogP contribution in [0.25, 0.3) is 0 Å². The van der Waals surface area contributed by atoms with E-state index in [1.807, 2.05) is 0 Å². The number of hydrogen-bond acceptors (Lipinski definition) is 2. The molecule has 50 valence electrons. The average Bonchev–Trinajstić information content (AvgIpc) is 1.65. The fourth-order valence-electron chi connectivity index (χ4n) is 0.200. The van der Waals surface area contributed by atoms with Gasteiger partial charge in [0.1, 0.15) is 0 Å². The molecular weight excluding hydrogens is 151 g/mol. The second kappa shape index (κ2) is 4.39. The average molecular weight is 159 g/mol. The van der Waals surface area contributed by atoms with Gasteiger partial charge in [-0.1, -0.05) is 23.2 Å². The summed E-state index contributed by atoms with van der Waals surface area (Å²) < 4.78 is 9.38. The largest absolute Gasteiger partial charge is 0.356 e. The highest BCUT2D eigenvalue weighted by molar-refractivity contribution is 6.43. The minimum Gasteiger partial charge on any atom is -0.356 e. The lowest BCUT2D eigenvalue weighted by atomic mass is 10.8. The van der Waals surface area contributed by atoms with Crippen LogP contribution in [0.15, 0.2) is 0 Å². The van der Waals surface area contributed by atoms with Crippen molar-refractivity contribution in [3.8, 4) is 0 Å². The molecule has 0 spiro atoms. The Morgan fingerprint density at radius 3 is 2.00 bits per heavy atom. The van der Waals surface area contributed by atoms with E-state index in [-0.39, 0.29) is 6.29 Å². The predicted molar refractivity (Wildman–Crippen MR) is 33.0 cm³/mol. The molecule has 2 nitrogen and oxygen atoms in total. The lowest BCUT2D eigenvalue weighted by molar-refractivity contribution is -0.105. The predicted octanol–water partition coefficient (Wildman–Crippen LogP) is 1.76. The Hall–Kier alpha value is 0.500. The first kappa shape index (κ1) is 8.50. The molecule has 0 aliphatic rings.